The van der Waals surface area contributed by atoms with Crippen LogP contribution in [0.15, 0.2) is 36.4 Å². The molecule has 0 bridgehead atoms. The van der Waals surface area contributed by atoms with E-state index in [2.05, 4.69) is 0 Å². The molecule has 1 unspecified atom stereocenters. The second-order valence-corrected chi connectivity index (χ2v) is 5.10. The molecule has 2 nitrogen and oxygen atoms in total. The van der Waals surface area contributed by atoms with Crippen molar-refractivity contribution in [1.29, 1.82) is 0 Å². The summed E-state index contributed by atoms with van der Waals surface area (Å²) in [5.41, 5.74) is 8.48. The largest absolute Gasteiger partial charge is 0.494 e. The fourth-order valence-electron chi connectivity index (χ4n) is 2.17. The van der Waals surface area contributed by atoms with E-state index in [0.29, 0.717) is 17.0 Å². The molecule has 20 heavy (non-hydrogen) atoms. The molecule has 106 valence electrons. The van der Waals surface area contributed by atoms with Crippen LogP contribution in [0.25, 0.3) is 0 Å². The van der Waals surface area contributed by atoms with E-state index < -0.39 is 0 Å². The lowest BCUT2D eigenvalue weighted by Crippen LogP contribution is -2.15. The molecule has 2 N–H and O–H groups in total. The Balaban J connectivity index is 2.28. The van der Waals surface area contributed by atoms with Gasteiger partial charge in [-0.05, 0) is 36.1 Å². The zero-order valence-corrected chi connectivity index (χ0v) is 12.2. The number of nitrogens with two attached hydrogens (primary N) is 1. The lowest BCUT2D eigenvalue weighted by atomic mass is 9.98. The number of ether oxygens (including phenoxy) is 1. The Morgan fingerprint density at radius 2 is 1.95 bits per heavy atom. The van der Waals surface area contributed by atoms with Gasteiger partial charge >= 0.3 is 0 Å². The van der Waals surface area contributed by atoms with Gasteiger partial charge in [0.15, 0.2) is 11.6 Å². The molecule has 2 aromatic rings. The molecule has 0 amide bonds. The zero-order valence-electron chi connectivity index (χ0n) is 11.5. The molecule has 2 aromatic carbocycles. The monoisotopic (exact) mass is 293 g/mol. The van der Waals surface area contributed by atoms with Gasteiger partial charge in [-0.15, -0.1) is 0 Å². The van der Waals surface area contributed by atoms with Crippen molar-refractivity contribution in [2.45, 2.75) is 19.4 Å². The average molecular weight is 294 g/mol. The Labute approximate surface area is 123 Å². The second-order valence-electron chi connectivity index (χ2n) is 4.72. The first-order valence-corrected chi connectivity index (χ1v) is 6.74. The van der Waals surface area contributed by atoms with E-state index in [4.69, 9.17) is 22.1 Å². The molecule has 1 atom stereocenters. The quantitative estimate of drug-likeness (QED) is 0.923. The number of aryl methyl sites for hydroxylation is 1. The van der Waals surface area contributed by atoms with Crippen LogP contribution in [0.4, 0.5) is 4.39 Å². The van der Waals surface area contributed by atoms with Crippen molar-refractivity contribution in [3.05, 3.63) is 63.9 Å². The van der Waals surface area contributed by atoms with E-state index in [0.717, 1.165) is 11.1 Å². The summed E-state index contributed by atoms with van der Waals surface area (Å²) in [6, 6.07) is 10.4. The summed E-state index contributed by atoms with van der Waals surface area (Å²) in [4.78, 5) is 0. The molecule has 0 aliphatic carbocycles. The zero-order chi connectivity index (χ0) is 14.7. The van der Waals surface area contributed by atoms with Crippen molar-refractivity contribution in [2.75, 3.05) is 7.11 Å². The molecule has 0 radical (unpaired) electrons. The summed E-state index contributed by atoms with van der Waals surface area (Å²) < 4.78 is 19.1. The van der Waals surface area contributed by atoms with Crippen LogP contribution in [0.1, 0.15) is 22.7 Å². The molecule has 0 fully saturated rings. The topological polar surface area (TPSA) is 35.2 Å². The van der Waals surface area contributed by atoms with Crippen molar-refractivity contribution in [1.82, 2.24) is 0 Å². The highest BCUT2D eigenvalue weighted by atomic mass is 35.5. The summed E-state index contributed by atoms with van der Waals surface area (Å²) in [6.07, 6.45) is 0.367. The van der Waals surface area contributed by atoms with Crippen LogP contribution in [0, 0.1) is 12.7 Å². The maximum absolute atomic E-state index is 14.1. The van der Waals surface area contributed by atoms with Crippen molar-refractivity contribution >= 4 is 11.6 Å². The van der Waals surface area contributed by atoms with Crippen molar-refractivity contribution in [3.8, 4) is 5.75 Å². The minimum Gasteiger partial charge on any atom is -0.494 e. The third kappa shape index (κ3) is 2.94. The molecule has 0 saturated heterocycles. The summed E-state index contributed by atoms with van der Waals surface area (Å²) in [7, 11) is 1.44. The fraction of sp³-hybridized carbons (Fsp3) is 0.250. The summed E-state index contributed by atoms with van der Waals surface area (Å²) in [5.74, 6) is -0.140. The molecule has 2 rings (SSSR count). The first kappa shape index (κ1) is 14.8. The molecule has 0 spiro atoms. The fourth-order valence-corrected chi connectivity index (χ4v) is 2.44. The molecular formula is C16H17ClFNO. The van der Waals surface area contributed by atoms with Crippen molar-refractivity contribution in [2.24, 2.45) is 5.73 Å². The van der Waals surface area contributed by atoms with Crippen LogP contribution < -0.4 is 10.5 Å². The van der Waals surface area contributed by atoms with Gasteiger partial charge < -0.3 is 10.5 Å². The number of rotatable bonds is 4. The van der Waals surface area contributed by atoms with Crippen LogP contribution in [0.2, 0.25) is 5.02 Å². The standard InChI is InChI=1S/C16H17ClFNO/c1-10-5-3-7-12(15(10)17)13(19)9-11-6-4-8-14(20-2)16(11)18/h3-8,13H,9,19H2,1-2H3. The van der Waals surface area contributed by atoms with Crippen LogP contribution in [0.5, 0.6) is 5.75 Å². The Morgan fingerprint density at radius 3 is 2.65 bits per heavy atom. The van der Waals surface area contributed by atoms with E-state index in [1.807, 2.05) is 25.1 Å². The van der Waals surface area contributed by atoms with Gasteiger partial charge in [0.25, 0.3) is 0 Å². The van der Waals surface area contributed by atoms with Crippen LogP contribution in [0.3, 0.4) is 0 Å². The minimum absolute atomic E-state index is 0.227. The van der Waals surface area contributed by atoms with E-state index in [1.54, 1.807) is 18.2 Å². The van der Waals surface area contributed by atoms with Gasteiger partial charge in [-0.3, -0.25) is 0 Å². The molecule has 0 aliphatic rings. The van der Waals surface area contributed by atoms with Crippen LogP contribution >= 0.6 is 11.6 Å². The van der Waals surface area contributed by atoms with Gasteiger partial charge in [-0.2, -0.15) is 0 Å². The van der Waals surface area contributed by atoms with Gasteiger partial charge in [-0.25, -0.2) is 4.39 Å². The third-order valence-corrected chi connectivity index (χ3v) is 3.84. The minimum atomic E-state index is -0.366. The first-order chi connectivity index (χ1) is 9.54. The second kappa shape index (κ2) is 6.25. The number of halogens is 2. The van der Waals surface area contributed by atoms with E-state index in [-0.39, 0.29) is 17.6 Å². The van der Waals surface area contributed by atoms with Gasteiger partial charge in [0.05, 0.1) is 7.11 Å². The smallest absolute Gasteiger partial charge is 0.168 e. The summed E-state index contributed by atoms with van der Waals surface area (Å²) in [6.45, 7) is 1.92. The van der Waals surface area contributed by atoms with Crippen molar-refractivity contribution < 1.29 is 9.13 Å². The van der Waals surface area contributed by atoms with Gasteiger partial charge in [-0.1, -0.05) is 41.9 Å². The average Bonchev–Trinajstić information content (AvgIpc) is 2.44. The predicted molar refractivity (Wildman–Crippen MR) is 79.8 cm³/mol. The number of benzene rings is 2. The molecule has 0 aromatic heterocycles. The van der Waals surface area contributed by atoms with Crippen molar-refractivity contribution in [3.63, 3.8) is 0 Å². The SMILES string of the molecule is COc1cccc(CC(N)c2cccc(C)c2Cl)c1F. The maximum atomic E-state index is 14.1. The van der Waals surface area contributed by atoms with Gasteiger partial charge in [0.1, 0.15) is 0 Å². The summed E-state index contributed by atoms with van der Waals surface area (Å²) in [5, 5.41) is 0.642. The van der Waals surface area contributed by atoms with Crippen LogP contribution in [-0.4, -0.2) is 7.11 Å². The normalized spacial score (nSPS) is 12.2. The predicted octanol–water partition coefficient (Wildman–Crippen LogP) is 4.04. The highest BCUT2D eigenvalue weighted by Crippen LogP contribution is 2.29. The third-order valence-electron chi connectivity index (χ3n) is 3.32. The molecule has 0 heterocycles. The lowest BCUT2D eigenvalue weighted by molar-refractivity contribution is 0.383. The Hall–Kier alpha value is -1.58. The number of methoxy groups -OCH3 is 1. The van der Waals surface area contributed by atoms with E-state index in [1.165, 1.54) is 7.11 Å². The molecule has 4 heteroatoms. The van der Waals surface area contributed by atoms with Crippen LogP contribution in [-0.2, 0) is 6.42 Å². The summed E-state index contributed by atoms with van der Waals surface area (Å²) >= 11 is 6.25. The molecule has 0 saturated carbocycles. The number of hydrogen-bond acceptors (Lipinski definition) is 2. The maximum Gasteiger partial charge on any atom is 0.168 e. The van der Waals surface area contributed by atoms with Gasteiger partial charge in [0, 0.05) is 11.1 Å². The highest BCUT2D eigenvalue weighted by Gasteiger charge is 2.16. The first-order valence-electron chi connectivity index (χ1n) is 6.36. The molecular weight excluding hydrogens is 277 g/mol. The Morgan fingerprint density at radius 1 is 1.25 bits per heavy atom. The van der Waals surface area contributed by atoms with E-state index >= 15 is 0 Å². The number of hydrogen-bond donors (Lipinski definition) is 1. The van der Waals surface area contributed by atoms with E-state index in [9.17, 15) is 4.39 Å². The highest BCUT2D eigenvalue weighted by molar-refractivity contribution is 6.32. The van der Waals surface area contributed by atoms with Gasteiger partial charge in [0.2, 0.25) is 0 Å². The molecule has 0 aliphatic heterocycles. The Kier molecular flexibility index (Phi) is 4.63. The lowest BCUT2D eigenvalue weighted by Gasteiger charge is -2.16. The Bertz CT molecular complexity index is 615.